The Morgan fingerprint density at radius 1 is 1.62 bits per heavy atom. The summed E-state index contributed by atoms with van der Waals surface area (Å²) in [6, 6.07) is 0.500. The van der Waals surface area contributed by atoms with E-state index in [1.54, 1.807) is 6.41 Å². The summed E-state index contributed by atoms with van der Waals surface area (Å²) in [5.74, 6) is 0. The van der Waals surface area contributed by atoms with Crippen LogP contribution in [0, 0.1) is 5.41 Å². The molecule has 2 aliphatic carbocycles. The van der Waals surface area contributed by atoms with Crippen molar-refractivity contribution in [3.63, 3.8) is 0 Å². The number of nitrogens with one attached hydrogen (secondary N) is 1. The molecule has 0 heterocycles. The van der Waals surface area contributed by atoms with Gasteiger partial charge in [0.1, 0.15) is 0 Å². The van der Waals surface area contributed by atoms with E-state index in [2.05, 4.69) is 5.32 Å². The second-order valence-corrected chi connectivity index (χ2v) is 2.87. The summed E-state index contributed by atoms with van der Waals surface area (Å²) in [4.78, 5) is 9.73. The number of carbonyl (C=O) groups excluding carboxylic acids is 1. The number of amides is 1. The van der Waals surface area contributed by atoms with E-state index in [-0.39, 0.29) is 0 Å². The Morgan fingerprint density at radius 3 is 2.75 bits per heavy atom. The smallest absolute Gasteiger partial charge is 0.309 e. The molecule has 0 bridgehead atoms. The molecule has 0 saturated heterocycles. The molecule has 1 spiro atoms. The van der Waals surface area contributed by atoms with Crippen molar-refractivity contribution in [3.8, 4) is 0 Å². The summed E-state index contributed by atoms with van der Waals surface area (Å²) in [6.07, 6.45) is 5.59. The first-order valence-electron chi connectivity index (χ1n) is 3.00. The second-order valence-electron chi connectivity index (χ2n) is 2.87. The fraction of sp³-hybridized carbons (Fsp3) is 0.833. The van der Waals surface area contributed by atoms with E-state index in [0.29, 0.717) is 11.5 Å². The minimum atomic E-state index is 0.500. The molecule has 8 heavy (non-hydrogen) atoms. The summed E-state index contributed by atoms with van der Waals surface area (Å²) in [5, 5.41) is 2.67. The largest absolute Gasteiger partial charge is 0.345 e. The lowest BCUT2D eigenvalue weighted by Gasteiger charge is -1.87. The van der Waals surface area contributed by atoms with Crippen LogP contribution in [-0.4, -0.2) is 12.5 Å². The SMILES string of the molecule is O=[C]NC1CC12CC2. The van der Waals surface area contributed by atoms with Crippen molar-refractivity contribution in [3.05, 3.63) is 0 Å². The summed E-state index contributed by atoms with van der Waals surface area (Å²) in [6.45, 7) is 0. The van der Waals surface area contributed by atoms with E-state index < -0.39 is 0 Å². The van der Waals surface area contributed by atoms with Gasteiger partial charge in [-0.3, -0.25) is 4.79 Å². The third-order valence-electron chi connectivity index (χ3n) is 2.32. The third kappa shape index (κ3) is 0.403. The van der Waals surface area contributed by atoms with Crippen molar-refractivity contribution in [2.24, 2.45) is 5.41 Å². The lowest BCUT2D eigenvalue weighted by molar-refractivity contribution is 0.538. The molecule has 2 heteroatoms. The Balaban J connectivity index is 1.88. The van der Waals surface area contributed by atoms with E-state index >= 15 is 0 Å². The minimum absolute atomic E-state index is 0.500. The first-order chi connectivity index (χ1) is 3.87. The molecule has 1 unspecified atom stereocenters. The quantitative estimate of drug-likeness (QED) is 0.505. The van der Waals surface area contributed by atoms with E-state index in [9.17, 15) is 4.79 Å². The summed E-state index contributed by atoms with van der Waals surface area (Å²) in [5.41, 5.74) is 0.595. The van der Waals surface area contributed by atoms with Gasteiger partial charge < -0.3 is 5.32 Å². The standard InChI is InChI=1S/C6H8NO/c8-4-7-5-3-6(5)1-2-6/h5H,1-3H2,(H,7,8). The Labute approximate surface area is 48.3 Å². The van der Waals surface area contributed by atoms with Crippen molar-refractivity contribution in [2.75, 3.05) is 0 Å². The van der Waals surface area contributed by atoms with Gasteiger partial charge in [0.25, 0.3) is 0 Å². The zero-order valence-corrected chi connectivity index (χ0v) is 4.61. The van der Waals surface area contributed by atoms with Gasteiger partial charge >= 0.3 is 6.41 Å². The van der Waals surface area contributed by atoms with Gasteiger partial charge in [0.05, 0.1) is 0 Å². The van der Waals surface area contributed by atoms with Crippen molar-refractivity contribution >= 4 is 6.41 Å². The van der Waals surface area contributed by atoms with Crippen molar-refractivity contribution in [1.29, 1.82) is 0 Å². The van der Waals surface area contributed by atoms with Crippen molar-refractivity contribution in [2.45, 2.75) is 25.3 Å². The van der Waals surface area contributed by atoms with Crippen LogP contribution in [0.3, 0.4) is 0 Å². The summed E-state index contributed by atoms with van der Waals surface area (Å²) in [7, 11) is 0. The zero-order valence-electron chi connectivity index (χ0n) is 4.61. The fourth-order valence-electron chi connectivity index (χ4n) is 1.34. The van der Waals surface area contributed by atoms with Crippen LogP contribution in [0.25, 0.3) is 0 Å². The van der Waals surface area contributed by atoms with Gasteiger partial charge in [0, 0.05) is 6.04 Å². The number of hydrogen-bond acceptors (Lipinski definition) is 1. The molecule has 2 rings (SSSR count). The maximum atomic E-state index is 9.73. The molecule has 2 saturated carbocycles. The van der Waals surface area contributed by atoms with Crippen LogP contribution in [0.4, 0.5) is 0 Å². The predicted molar refractivity (Wildman–Crippen MR) is 28.9 cm³/mol. The van der Waals surface area contributed by atoms with Gasteiger partial charge in [-0.05, 0) is 24.7 Å². The van der Waals surface area contributed by atoms with Crippen molar-refractivity contribution in [1.82, 2.24) is 5.32 Å². The maximum absolute atomic E-state index is 9.73. The average molecular weight is 110 g/mol. The van der Waals surface area contributed by atoms with E-state index in [0.717, 1.165) is 0 Å². The molecule has 0 aromatic carbocycles. The van der Waals surface area contributed by atoms with Crippen LogP contribution >= 0.6 is 0 Å². The molecule has 1 N–H and O–H groups in total. The van der Waals surface area contributed by atoms with Crippen LogP contribution in [0.1, 0.15) is 19.3 Å². The molecule has 43 valence electrons. The predicted octanol–water partition coefficient (Wildman–Crippen LogP) is 0.196. The molecular formula is C6H8NO. The number of rotatable bonds is 2. The van der Waals surface area contributed by atoms with Gasteiger partial charge in [-0.2, -0.15) is 0 Å². The van der Waals surface area contributed by atoms with Gasteiger partial charge in [0.15, 0.2) is 0 Å². The van der Waals surface area contributed by atoms with Gasteiger partial charge in [-0.15, -0.1) is 0 Å². The zero-order chi connectivity index (χ0) is 5.61. The fourth-order valence-corrected chi connectivity index (χ4v) is 1.34. The molecule has 1 atom stereocenters. The highest BCUT2D eigenvalue weighted by atomic mass is 16.1. The Kier molecular flexibility index (Phi) is 0.581. The molecule has 2 fully saturated rings. The van der Waals surface area contributed by atoms with Crippen LogP contribution in [0.15, 0.2) is 0 Å². The van der Waals surface area contributed by atoms with E-state index in [1.165, 1.54) is 19.3 Å². The highest BCUT2D eigenvalue weighted by molar-refractivity contribution is 5.50. The molecule has 2 nitrogen and oxygen atoms in total. The molecule has 1 radical (unpaired) electrons. The summed E-state index contributed by atoms with van der Waals surface area (Å²) < 4.78 is 0. The monoisotopic (exact) mass is 110 g/mol. The molecule has 0 aliphatic heterocycles. The topological polar surface area (TPSA) is 29.1 Å². The highest BCUT2D eigenvalue weighted by Crippen LogP contribution is 2.65. The highest BCUT2D eigenvalue weighted by Gasteiger charge is 2.62. The maximum Gasteiger partial charge on any atom is 0.309 e. The van der Waals surface area contributed by atoms with Crippen LogP contribution in [-0.2, 0) is 4.79 Å². The summed E-state index contributed by atoms with van der Waals surface area (Å²) >= 11 is 0. The van der Waals surface area contributed by atoms with Gasteiger partial charge in [-0.25, -0.2) is 0 Å². The van der Waals surface area contributed by atoms with E-state index in [4.69, 9.17) is 0 Å². The molecule has 1 amide bonds. The minimum Gasteiger partial charge on any atom is -0.345 e. The Bertz CT molecular complexity index is 128. The van der Waals surface area contributed by atoms with Crippen LogP contribution in [0.5, 0.6) is 0 Å². The lowest BCUT2D eigenvalue weighted by atomic mass is 10.4. The third-order valence-corrected chi connectivity index (χ3v) is 2.32. The van der Waals surface area contributed by atoms with Gasteiger partial charge in [0.2, 0.25) is 0 Å². The Morgan fingerprint density at radius 2 is 2.38 bits per heavy atom. The molecular weight excluding hydrogens is 102 g/mol. The lowest BCUT2D eigenvalue weighted by Crippen LogP contribution is -2.15. The average Bonchev–Trinajstić information content (AvgIpc) is 2.57. The number of hydrogen-bond donors (Lipinski definition) is 1. The first-order valence-corrected chi connectivity index (χ1v) is 3.00. The normalized spacial score (nSPS) is 36.8. The Hall–Kier alpha value is -0.530. The molecule has 2 aliphatic rings. The second kappa shape index (κ2) is 1.07. The molecule has 0 aromatic rings. The van der Waals surface area contributed by atoms with Gasteiger partial charge in [-0.1, -0.05) is 0 Å². The molecule has 0 aromatic heterocycles. The van der Waals surface area contributed by atoms with E-state index in [1.807, 2.05) is 0 Å². The van der Waals surface area contributed by atoms with Crippen LogP contribution < -0.4 is 5.32 Å². The first kappa shape index (κ1) is 4.36. The van der Waals surface area contributed by atoms with Crippen molar-refractivity contribution < 1.29 is 4.79 Å². The van der Waals surface area contributed by atoms with Crippen LogP contribution in [0.2, 0.25) is 0 Å².